The van der Waals surface area contributed by atoms with E-state index in [9.17, 15) is 13.2 Å². The van der Waals surface area contributed by atoms with E-state index < -0.39 is 17.5 Å². The zero-order chi connectivity index (χ0) is 14.9. The monoisotopic (exact) mass is 285 g/mol. The summed E-state index contributed by atoms with van der Waals surface area (Å²) in [5, 5.41) is 6.71. The lowest BCUT2D eigenvalue weighted by molar-refractivity contribution is 0.336. The highest BCUT2D eigenvalue weighted by atomic mass is 19.2. The average molecular weight is 285 g/mol. The summed E-state index contributed by atoms with van der Waals surface area (Å²) in [6.45, 7) is 3.82. The molecule has 0 aliphatic rings. The third-order valence-corrected chi connectivity index (χ3v) is 3.28. The van der Waals surface area contributed by atoms with Gasteiger partial charge in [0.25, 0.3) is 0 Å². The number of hydrogen-bond donors (Lipinski definition) is 1. The van der Waals surface area contributed by atoms with Crippen LogP contribution in [0.5, 0.6) is 0 Å². The number of rotatable bonds is 4. The lowest BCUT2D eigenvalue weighted by atomic mass is 10.0. The van der Waals surface area contributed by atoms with E-state index in [0.717, 1.165) is 12.1 Å². The van der Waals surface area contributed by atoms with Gasteiger partial charge in [-0.2, -0.15) is 4.98 Å². The lowest BCUT2D eigenvalue weighted by Crippen LogP contribution is -2.27. The first kappa shape index (κ1) is 14.5. The molecule has 0 amide bonds. The maximum atomic E-state index is 13.2. The number of benzene rings is 1. The van der Waals surface area contributed by atoms with Crippen LogP contribution in [0, 0.1) is 17.5 Å². The molecule has 0 fully saturated rings. The third-order valence-electron chi connectivity index (χ3n) is 3.28. The summed E-state index contributed by atoms with van der Waals surface area (Å²) in [6.07, 6.45) is 0. The maximum absolute atomic E-state index is 13.2. The molecule has 20 heavy (non-hydrogen) atoms. The van der Waals surface area contributed by atoms with Crippen LogP contribution in [0.1, 0.15) is 25.7 Å². The minimum atomic E-state index is -1.52. The van der Waals surface area contributed by atoms with Gasteiger partial charge < -0.3 is 9.84 Å². The molecule has 0 saturated heterocycles. The molecular weight excluding hydrogens is 271 g/mol. The number of halogens is 3. The molecule has 7 heteroatoms. The van der Waals surface area contributed by atoms with Crippen molar-refractivity contribution < 1.29 is 17.7 Å². The fourth-order valence-electron chi connectivity index (χ4n) is 1.69. The van der Waals surface area contributed by atoms with E-state index in [1.54, 1.807) is 7.05 Å². The molecule has 0 radical (unpaired) electrons. The Kier molecular flexibility index (Phi) is 4.08. The van der Waals surface area contributed by atoms with Crippen LogP contribution in [-0.2, 0) is 0 Å². The average Bonchev–Trinajstić information content (AvgIpc) is 2.92. The molecule has 2 atom stereocenters. The van der Waals surface area contributed by atoms with Gasteiger partial charge in [-0.25, -0.2) is 13.2 Å². The quantitative estimate of drug-likeness (QED) is 0.878. The topological polar surface area (TPSA) is 51.0 Å². The Hall–Kier alpha value is -1.89. The van der Waals surface area contributed by atoms with Gasteiger partial charge >= 0.3 is 0 Å². The van der Waals surface area contributed by atoms with Crippen LogP contribution in [0.25, 0.3) is 11.4 Å². The zero-order valence-electron chi connectivity index (χ0n) is 11.2. The van der Waals surface area contributed by atoms with Crippen molar-refractivity contribution in [3.05, 3.63) is 35.5 Å². The first-order chi connectivity index (χ1) is 9.43. The van der Waals surface area contributed by atoms with E-state index >= 15 is 0 Å². The largest absolute Gasteiger partial charge is 0.339 e. The van der Waals surface area contributed by atoms with Crippen molar-refractivity contribution in [2.75, 3.05) is 7.05 Å². The van der Waals surface area contributed by atoms with Gasteiger partial charge in [-0.15, -0.1) is 0 Å². The Labute approximate surface area is 114 Å². The summed E-state index contributed by atoms with van der Waals surface area (Å²) in [7, 11) is 1.79. The van der Waals surface area contributed by atoms with Gasteiger partial charge in [0, 0.05) is 11.6 Å². The number of likely N-dealkylation sites (N-methyl/N-ethyl adjacent to an activating group) is 1. The highest BCUT2D eigenvalue weighted by Gasteiger charge is 2.21. The molecule has 1 N–H and O–H groups in total. The molecule has 1 aromatic heterocycles. The smallest absolute Gasteiger partial charge is 0.231 e. The molecule has 2 rings (SSSR count). The number of hydrogen-bond acceptors (Lipinski definition) is 4. The van der Waals surface area contributed by atoms with Gasteiger partial charge in [0.05, 0.1) is 5.92 Å². The van der Waals surface area contributed by atoms with E-state index in [1.165, 1.54) is 0 Å². The summed E-state index contributed by atoms with van der Waals surface area (Å²) in [6, 6.07) is 1.75. The molecule has 0 spiro atoms. The van der Waals surface area contributed by atoms with Crippen molar-refractivity contribution in [3.63, 3.8) is 0 Å². The highest BCUT2D eigenvalue weighted by Crippen LogP contribution is 2.24. The molecule has 0 aliphatic heterocycles. The first-order valence-corrected chi connectivity index (χ1v) is 6.09. The maximum Gasteiger partial charge on any atom is 0.231 e. The van der Waals surface area contributed by atoms with Crippen LogP contribution < -0.4 is 5.32 Å². The van der Waals surface area contributed by atoms with Gasteiger partial charge in [0.15, 0.2) is 17.5 Å². The number of nitrogens with zero attached hydrogens (tertiary/aromatic N) is 2. The van der Waals surface area contributed by atoms with E-state index in [-0.39, 0.29) is 23.3 Å². The number of aromatic nitrogens is 2. The van der Waals surface area contributed by atoms with E-state index in [0.29, 0.717) is 5.89 Å². The van der Waals surface area contributed by atoms with Gasteiger partial charge in [-0.3, -0.25) is 0 Å². The summed E-state index contributed by atoms with van der Waals surface area (Å²) in [5.74, 6) is -3.81. The van der Waals surface area contributed by atoms with Crippen LogP contribution in [0.2, 0.25) is 0 Å². The number of nitrogens with one attached hydrogen (secondary N) is 1. The van der Waals surface area contributed by atoms with Crippen molar-refractivity contribution in [3.8, 4) is 11.4 Å². The highest BCUT2D eigenvalue weighted by molar-refractivity contribution is 5.54. The summed E-state index contributed by atoms with van der Waals surface area (Å²) >= 11 is 0. The van der Waals surface area contributed by atoms with Crippen LogP contribution >= 0.6 is 0 Å². The Morgan fingerprint density at radius 1 is 1.15 bits per heavy atom. The molecule has 2 aromatic rings. The van der Waals surface area contributed by atoms with Crippen molar-refractivity contribution >= 4 is 0 Å². The lowest BCUT2D eigenvalue weighted by Gasteiger charge is -2.14. The van der Waals surface area contributed by atoms with Crippen molar-refractivity contribution in [1.82, 2.24) is 15.5 Å². The predicted octanol–water partition coefficient (Wildman–Crippen LogP) is 2.87. The summed E-state index contributed by atoms with van der Waals surface area (Å²) < 4.78 is 44.3. The third kappa shape index (κ3) is 2.67. The molecule has 108 valence electrons. The Morgan fingerprint density at radius 3 is 2.30 bits per heavy atom. The molecular formula is C13H14F3N3O. The minimum absolute atomic E-state index is 0.0213. The SMILES string of the molecule is CNC(C)C(C)c1nc(-c2cc(F)c(F)c(F)c2)no1. The first-order valence-electron chi connectivity index (χ1n) is 6.09. The molecule has 4 nitrogen and oxygen atoms in total. The predicted molar refractivity (Wildman–Crippen MR) is 66.5 cm³/mol. The minimum Gasteiger partial charge on any atom is -0.339 e. The van der Waals surface area contributed by atoms with Gasteiger partial charge in [0.1, 0.15) is 0 Å². The van der Waals surface area contributed by atoms with E-state index in [2.05, 4.69) is 15.5 Å². The van der Waals surface area contributed by atoms with Crippen LogP contribution in [0.4, 0.5) is 13.2 Å². The molecule has 2 unspecified atom stereocenters. The molecule has 1 heterocycles. The van der Waals surface area contributed by atoms with Crippen LogP contribution in [0.15, 0.2) is 16.7 Å². The van der Waals surface area contributed by atoms with Crippen molar-refractivity contribution in [1.29, 1.82) is 0 Å². The van der Waals surface area contributed by atoms with Gasteiger partial charge in [0.2, 0.25) is 11.7 Å². The van der Waals surface area contributed by atoms with Gasteiger partial charge in [-0.05, 0) is 26.1 Å². The molecule has 1 aromatic carbocycles. The second-order valence-electron chi connectivity index (χ2n) is 4.58. The molecule has 0 aliphatic carbocycles. The zero-order valence-corrected chi connectivity index (χ0v) is 11.2. The van der Waals surface area contributed by atoms with Gasteiger partial charge in [-0.1, -0.05) is 12.1 Å². The summed E-state index contributed by atoms with van der Waals surface area (Å²) in [4.78, 5) is 4.09. The summed E-state index contributed by atoms with van der Waals surface area (Å²) in [5.41, 5.74) is 0.0284. The van der Waals surface area contributed by atoms with Crippen LogP contribution in [-0.4, -0.2) is 23.2 Å². The Bertz CT molecular complexity index is 592. The van der Waals surface area contributed by atoms with Crippen molar-refractivity contribution in [2.45, 2.75) is 25.8 Å². The second kappa shape index (κ2) is 5.62. The van der Waals surface area contributed by atoms with E-state index in [4.69, 9.17) is 4.52 Å². The standard InChI is InChI=1S/C13H14F3N3O/c1-6(7(2)17-3)13-18-12(19-20-13)8-4-9(14)11(16)10(15)5-8/h4-7,17H,1-3H3. The normalized spacial score (nSPS) is 14.3. The van der Waals surface area contributed by atoms with Crippen molar-refractivity contribution in [2.24, 2.45) is 0 Å². The fraction of sp³-hybridized carbons (Fsp3) is 0.385. The molecule has 0 saturated carbocycles. The fourth-order valence-corrected chi connectivity index (χ4v) is 1.69. The van der Waals surface area contributed by atoms with Crippen LogP contribution in [0.3, 0.4) is 0 Å². The van der Waals surface area contributed by atoms with E-state index in [1.807, 2.05) is 13.8 Å². The molecule has 0 bridgehead atoms. The second-order valence-corrected chi connectivity index (χ2v) is 4.58. The Balaban J connectivity index is 2.34. The Morgan fingerprint density at radius 2 is 1.75 bits per heavy atom.